The lowest BCUT2D eigenvalue weighted by atomic mass is 9.96. The number of nitrogens with one attached hydrogen (secondary N) is 1. The summed E-state index contributed by atoms with van der Waals surface area (Å²) in [6.07, 6.45) is 0.261. The van der Waals surface area contributed by atoms with E-state index in [-0.39, 0.29) is 18.2 Å². The quantitative estimate of drug-likeness (QED) is 0.714. The first-order chi connectivity index (χ1) is 12.9. The molecule has 0 aliphatic rings. The van der Waals surface area contributed by atoms with E-state index in [1.165, 1.54) is 14.2 Å². The predicted molar refractivity (Wildman–Crippen MR) is 106 cm³/mol. The fourth-order valence-corrected chi connectivity index (χ4v) is 3.00. The van der Waals surface area contributed by atoms with E-state index in [9.17, 15) is 4.79 Å². The van der Waals surface area contributed by atoms with Crippen molar-refractivity contribution >= 4 is 23.2 Å². The Morgan fingerprint density at radius 2 is 1.63 bits per heavy atom. The van der Waals surface area contributed by atoms with E-state index in [0.29, 0.717) is 33.7 Å². The van der Waals surface area contributed by atoms with Crippen LogP contribution in [0.2, 0.25) is 5.02 Å². The summed E-state index contributed by atoms with van der Waals surface area (Å²) in [7, 11) is 6.21. The van der Waals surface area contributed by atoms with Gasteiger partial charge < -0.3 is 24.3 Å². The Hall–Kier alpha value is -2.60. The molecule has 7 heteroatoms. The van der Waals surface area contributed by atoms with E-state index in [1.54, 1.807) is 32.4 Å². The molecule has 0 saturated heterocycles. The zero-order chi connectivity index (χ0) is 20.0. The first-order valence-corrected chi connectivity index (χ1v) is 8.74. The van der Waals surface area contributed by atoms with E-state index in [2.05, 4.69) is 5.32 Å². The van der Waals surface area contributed by atoms with Crippen LogP contribution in [0.4, 0.5) is 5.69 Å². The minimum Gasteiger partial charge on any atom is -0.497 e. The molecular formula is C20H24ClNO5. The lowest BCUT2D eigenvalue weighted by Gasteiger charge is -2.17. The van der Waals surface area contributed by atoms with Gasteiger partial charge in [0.1, 0.15) is 23.0 Å². The maximum Gasteiger partial charge on any atom is 0.225 e. The Morgan fingerprint density at radius 3 is 2.22 bits per heavy atom. The molecule has 1 unspecified atom stereocenters. The van der Waals surface area contributed by atoms with Crippen LogP contribution in [0.15, 0.2) is 30.3 Å². The Bertz CT molecular complexity index is 809. The highest BCUT2D eigenvalue weighted by Crippen LogP contribution is 2.37. The number of methoxy groups -OCH3 is 4. The van der Waals surface area contributed by atoms with Crippen molar-refractivity contribution in [2.24, 2.45) is 0 Å². The van der Waals surface area contributed by atoms with E-state index in [0.717, 1.165) is 5.56 Å². The third kappa shape index (κ3) is 4.98. The zero-order valence-corrected chi connectivity index (χ0v) is 16.8. The van der Waals surface area contributed by atoms with Gasteiger partial charge in [-0.15, -0.1) is 0 Å². The van der Waals surface area contributed by atoms with Crippen molar-refractivity contribution in [1.82, 2.24) is 0 Å². The van der Waals surface area contributed by atoms with Crippen LogP contribution < -0.4 is 24.3 Å². The Kier molecular flexibility index (Phi) is 7.19. The second-order valence-corrected chi connectivity index (χ2v) is 6.36. The first-order valence-electron chi connectivity index (χ1n) is 8.36. The van der Waals surface area contributed by atoms with Gasteiger partial charge in [-0.2, -0.15) is 0 Å². The number of carbonyl (C=O) groups is 1. The normalized spacial score (nSPS) is 11.5. The van der Waals surface area contributed by atoms with Crippen molar-refractivity contribution in [3.05, 3.63) is 40.9 Å². The van der Waals surface area contributed by atoms with Gasteiger partial charge in [-0.1, -0.05) is 24.6 Å². The van der Waals surface area contributed by atoms with Crippen LogP contribution in [0.5, 0.6) is 23.0 Å². The summed E-state index contributed by atoms with van der Waals surface area (Å²) < 4.78 is 21.1. The summed E-state index contributed by atoms with van der Waals surface area (Å²) in [6.45, 7) is 1.96. The molecule has 2 rings (SSSR count). The number of anilines is 1. The van der Waals surface area contributed by atoms with E-state index < -0.39 is 0 Å². The average Bonchev–Trinajstić information content (AvgIpc) is 2.68. The minimum absolute atomic E-state index is 0.0638. The molecule has 0 aromatic heterocycles. The number of hydrogen-bond acceptors (Lipinski definition) is 5. The second kappa shape index (κ2) is 9.37. The fraction of sp³-hybridized carbons (Fsp3) is 0.350. The number of rotatable bonds is 8. The number of carbonyl (C=O) groups excluding carboxylic acids is 1. The molecule has 0 saturated carbocycles. The second-order valence-electron chi connectivity index (χ2n) is 5.95. The Labute approximate surface area is 164 Å². The first kappa shape index (κ1) is 20.7. The van der Waals surface area contributed by atoms with Crippen molar-refractivity contribution in [3.63, 3.8) is 0 Å². The van der Waals surface area contributed by atoms with Crippen molar-refractivity contribution in [1.29, 1.82) is 0 Å². The Morgan fingerprint density at radius 1 is 0.963 bits per heavy atom. The van der Waals surface area contributed by atoms with Crippen LogP contribution in [-0.4, -0.2) is 34.3 Å². The summed E-state index contributed by atoms with van der Waals surface area (Å²) in [6, 6.07) is 8.79. The van der Waals surface area contributed by atoms with Crippen LogP contribution in [0.1, 0.15) is 24.8 Å². The SMILES string of the molecule is COc1ccc(C(C)CC(=O)Nc2cc(OC)c(Cl)cc2OC)c(OC)c1. The van der Waals surface area contributed by atoms with Crippen LogP contribution in [-0.2, 0) is 4.79 Å². The molecule has 1 amide bonds. The van der Waals surface area contributed by atoms with Crippen molar-refractivity contribution < 1.29 is 23.7 Å². The van der Waals surface area contributed by atoms with Gasteiger partial charge in [0.15, 0.2) is 0 Å². The van der Waals surface area contributed by atoms with Gasteiger partial charge in [0.05, 0.1) is 39.1 Å². The van der Waals surface area contributed by atoms with Gasteiger partial charge in [0.2, 0.25) is 5.91 Å². The summed E-state index contributed by atoms with van der Waals surface area (Å²) in [5.74, 6) is 2.07. The predicted octanol–water partition coefficient (Wildman–Crippen LogP) is 4.51. The van der Waals surface area contributed by atoms with E-state index in [1.807, 2.05) is 19.1 Å². The molecule has 146 valence electrons. The number of ether oxygens (including phenoxy) is 4. The molecule has 0 fully saturated rings. The number of halogens is 1. The summed E-state index contributed by atoms with van der Waals surface area (Å²) in [5, 5.41) is 3.26. The molecule has 0 spiro atoms. The molecule has 6 nitrogen and oxygen atoms in total. The Balaban J connectivity index is 2.16. The van der Waals surface area contributed by atoms with Crippen LogP contribution in [0.3, 0.4) is 0 Å². The molecule has 0 aliphatic carbocycles. The smallest absolute Gasteiger partial charge is 0.225 e. The lowest BCUT2D eigenvalue weighted by Crippen LogP contribution is -2.15. The highest BCUT2D eigenvalue weighted by Gasteiger charge is 2.18. The molecule has 1 N–H and O–H groups in total. The molecule has 0 radical (unpaired) electrons. The van der Waals surface area contributed by atoms with Crippen molar-refractivity contribution in [2.75, 3.05) is 33.8 Å². The third-order valence-corrected chi connectivity index (χ3v) is 4.51. The number of benzene rings is 2. The molecule has 0 aliphatic heterocycles. The maximum absolute atomic E-state index is 12.6. The number of hydrogen-bond donors (Lipinski definition) is 1. The summed E-state index contributed by atoms with van der Waals surface area (Å²) in [5.41, 5.74) is 1.42. The third-order valence-electron chi connectivity index (χ3n) is 4.21. The highest BCUT2D eigenvalue weighted by molar-refractivity contribution is 6.32. The minimum atomic E-state index is -0.164. The molecule has 1 atom stereocenters. The molecule has 0 heterocycles. The largest absolute Gasteiger partial charge is 0.497 e. The van der Waals surface area contributed by atoms with Crippen LogP contribution >= 0.6 is 11.6 Å². The summed E-state index contributed by atoms with van der Waals surface area (Å²) >= 11 is 6.10. The van der Waals surface area contributed by atoms with Gasteiger partial charge in [-0.25, -0.2) is 0 Å². The van der Waals surface area contributed by atoms with Gasteiger partial charge >= 0.3 is 0 Å². The monoisotopic (exact) mass is 393 g/mol. The van der Waals surface area contributed by atoms with Gasteiger partial charge in [-0.3, -0.25) is 4.79 Å². The van der Waals surface area contributed by atoms with Crippen molar-refractivity contribution in [2.45, 2.75) is 19.3 Å². The standard InChI is InChI=1S/C20H24ClNO5/c1-12(14-7-6-13(24-2)9-17(14)25-3)8-20(23)22-16-11-18(26-4)15(21)10-19(16)27-5/h6-7,9-12H,8H2,1-5H3,(H,22,23). The summed E-state index contributed by atoms with van der Waals surface area (Å²) in [4.78, 5) is 12.6. The maximum atomic E-state index is 12.6. The molecular weight excluding hydrogens is 370 g/mol. The molecule has 0 bridgehead atoms. The van der Waals surface area contributed by atoms with Crippen LogP contribution in [0, 0.1) is 0 Å². The molecule has 2 aromatic rings. The fourth-order valence-electron chi connectivity index (χ4n) is 2.77. The van der Waals surface area contributed by atoms with Crippen molar-refractivity contribution in [3.8, 4) is 23.0 Å². The average molecular weight is 394 g/mol. The van der Waals surface area contributed by atoms with Crippen LogP contribution in [0.25, 0.3) is 0 Å². The van der Waals surface area contributed by atoms with E-state index in [4.69, 9.17) is 30.5 Å². The molecule has 27 heavy (non-hydrogen) atoms. The highest BCUT2D eigenvalue weighted by atomic mass is 35.5. The molecule has 2 aromatic carbocycles. The zero-order valence-electron chi connectivity index (χ0n) is 16.1. The van der Waals surface area contributed by atoms with Gasteiger partial charge in [0.25, 0.3) is 0 Å². The number of amides is 1. The topological polar surface area (TPSA) is 66.0 Å². The van der Waals surface area contributed by atoms with E-state index >= 15 is 0 Å². The van der Waals surface area contributed by atoms with Gasteiger partial charge in [0, 0.05) is 24.6 Å². The van der Waals surface area contributed by atoms with Gasteiger partial charge in [-0.05, 0) is 17.5 Å². The lowest BCUT2D eigenvalue weighted by molar-refractivity contribution is -0.116.